The molecule has 0 bridgehead atoms. The van der Waals surface area contributed by atoms with Gasteiger partial charge in [-0.25, -0.2) is 0 Å². The molecule has 4 aromatic carbocycles. The molecular formula is C33H35N3O. The van der Waals surface area contributed by atoms with Crippen molar-refractivity contribution in [3.05, 3.63) is 144 Å². The quantitative estimate of drug-likeness (QED) is 0.368. The molecule has 1 fully saturated rings. The molecule has 2 N–H and O–H groups in total. The van der Waals surface area contributed by atoms with E-state index in [9.17, 15) is 4.79 Å². The highest BCUT2D eigenvalue weighted by molar-refractivity contribution is 5.91. The molecule has 1 aliphatic rings. The Morgan fingerprint density at radius 1 is 0.730 bits per heavy atom. The van der Waals surface area contributed by atoms with Crippen molar-refractivity contribution in [2.24, 2.45) is 5.73 Å². The maximum atomic E-state index is 14.1. The molecule has 5 rings (SSSR count). The minimum absolute atomic E-state index is 0.0639. The van der Waals surface area contributed by atoms with Crippen molar-refractivity contribution in [2.75, 3.05) is 20.1 Å². The number of hydrogen-bond donors (Lipinski definition) is 1. The molecule has 0 spiro atoms. The lowest BCUT2D eigenvalue weighted by molar-refractivity contribution is -0.137. The van der Waals surface area contributed by atoms with Gasteiger partial charge in [-0.3, -0.25) is 9.69 Å². The number of likely N-dealkylation sites (tertiary alicyclic amines) is 1. The number of carbonyl (C=O) groups excluding carboxylic acids is 1. The Hall–Kier alpha value is -3.73. The van der Waals surface area contributed by atoms with Gasteiger partial charge in [-0.05, 0) is 35.1 Å². The average molecular weight is 490 g/mol. The summed E-state index contributed by atoms with van der Waals surface area (Å²) in [7, 11) is 1.92. The standard InChI is InChI=1S/C33H35N3O/c1-35(32(37)33(34,28-18-10-4-11-19-28)29-20-12-5-13-21-29)30-22-24-36(25-23-30)31(26-14-6-2-7-15-26)27-16-8-3-9-17-27/h2-21,30-31H,22-25,34H2,1H3. The first kappa shape index (κ1) is 24.9. The van der Waals surface area contributed by atoms with Gasteiger partial charge in [0, 0.05) is 26.2 Å². The van der Waals surface area contributed by atoms with E-state index in [1.54, 1.807) is 0 Å². The highest BCUT2D eigenvalue weighted by Gasteiger charge is 2.42. The second-order valence-corrected chi connectivity index (χ2v) is 9.95. The van der Waals surface area contributed by atoms with Gasteiger partial charge in [0.15, 0.2) is 0 Å². The van der Waals surface area contributed by atoms with Crippen LogP contribution in [0.5, 0.6) is 0 Å². The van der Waals surface area contributed by atoms with Gasteiger partial charge in [-0.1, -0.05) is 121 Å². The lowest BCUT2D eigenvalue weighted by Gasteiger charge is -2.43. The molecule has 1 amide bonds. The van der Waals surface area contributed by atoms with Crippen molar-refractivity contribution in [1.82, 2.24) is 9.80 Å². The summed E-state index contributed by atoms with van der Waals surface area (Å²) in [5.41, 5.74) is 10.00. The van der Waals surface area contributed by atoms with E-state index in [1.807, 2.05) is 72.6 Å². The van der Waals surface area contributed by atoms with Crippen LogP contribution in [0.2, 0.25) is 0 Å². The van der Waals surface area contributed by atoms with Gasteiger partial charge >= 0.3 is 0 Å². The summed E-state index contributed by atoms with van der Waals surface area (Å²) >= 11 is 0. The van der Waals surface area contributed by atoms with Crippen molar-refractivity contribution in [3.8, 4) is 0 Å². The Morgan fingerprint density at radius 3 is 1.51 bits per heavy atom. The molecule has 0 aliphatic carbocycles. The van der Waals surface area contributed by atoms with Gasteiger partial charge in [0.05, 0.1) is 6.04 Å². The van der Waals surface area contributed by atoms with Crippen LogP contribution in [-0.2, 0) is 10.3 Å². The fourth-order valence-electron chi connectivity index (χ4n) is 5.68. The number of rotatable bonds is 7. The van der Waals surface area contributed by atoms with E-state index in [0.717, 1.165) is 37.1 Å². The number of piperidine rings is 1. The van der Waals surface area contributed by atoms with E-state index in [1.165, 1.54) is 11.1 Å². The fourth-order valence-corrected chi connectivity index (χ4v) is 5.68. The molecule has 0 aromatic heterocycles. The number of nitrogens with zero attached hydrogens (tertiary/aromatic N) is 2. The smallest absolute Gasteiger partial charge is 0.251 e. The van der Waals surface area contributed by atoms with Crippen LogP contribution in [0.4, 0.5) is 0 Å². The number of carbonyl (C=O) groups is 1. The normalized spacial score (nSPS) is 15.0. The SMILES string of the molecule is CN(C(=O)C(N)(c1ccccc1)c1ccccc1)C1CCN(C(c2ccccc2)c2ccccc2)CC1. The van der Waals surface area contributed by atoms with Crippen molar-refractivity contribution in [1.29, 1.82) is 0 Å². The molecular weight excluding hydrogens is 454 g/mol. The number of likely N-dealkylation sites (N-methyl/N-ethyl adjacent to an activating group) is 1. The van der Waals surface area contributed by atoms with Gasteiger partial charge < -0.3 is 10.6 Å². The fraction of sp³-hybridized carbons (Fsp3) is 0.242. The molecule has 37 heavy (non-hydrogen) atoms. The maximum absolute atomic E-state index is 14.1. The Morgan fingerprint density at radius 2 is 1.11 bits per heavy atom. The van der Waals surface area contributed by atoms with E-state index in [0.29, 0.717) is 0 Å². The van der Waals surface area contributed by atoms with E-state index < -0.39 is 5.54 Å². The highest BCUT2D eigenvalue weighted by atomic mass is 16.2. The van der Waals surface area contributed by atoms with Crippen LogP contribution in [0, 0.1) is 0 Å². The van der Waals surface area contributed by atoms with Crippen molar-refractivity contribution in [2.45, 2.75) is 30.5 Å². The summed E-state index contributed by atoms with van der Waals surface area (Å²) in [4.78, 5) is 18.6. The average Bonchev–Trinajstić information content (AvgIpc) is 2.98. The molecule has 1 aliphatic heterocycles. The van der Waals surface area contributed by atoms with Crippen LogP contribution in [0.25, 0.3) is 0 Å². The van der Waals surface area contributed by atoms with Gasteiger partial charge in [0.2, 0.25) is 0 Å². The van der Waals surface area contributed by atoms with Crippen LogP contribution >= 0.6 is 0 Å². The first-order chi connectivity index (χ1) is 18.1. The van der Waals surface area contributed by atoms with Crippen molar-refractivity contribution in [3.63, 3.8) is 0 Å². The number of hydrogen-bond acceptors (Lipinski definition) is 3. The van der Waals surface area contributed by atoms with E-state index >= 15 is 0 Å². The lowest BCUT2D eigenvalue weighted by atomic mass is 9.82. The number of nitrogens with two attached hydrogens (primary N) is 1. The van der Waals surface area contributed by atoms with Crippen molar-refractivity contribution < 1.29 is 4.79 Å². The maximum Gasteiger partial charge on any atom is 0.251 e. The molecule has 0 saturated carbocycles. The minimum Gasteiger partial charge on any atom is -0.340 e. The molecule has 1 heterocycles. The molecule has 4 heteroatoms. The first-order valence-electron chi connectivity index (χ1n) is 13.1. The summed E-state index contributed by atoms with van der Waals surface area (Å²) in [6, 6.07) is 41.2. The number of amides is 1. The monoisotopic (exact) mass is 489 g/mol. The molecule has 4 nitrogen and oxygen atoms in total. The summed E-state index contributed by atoms with van der Waals surface area (Å²) in [5.74, 6) is -0.0639. The first-order valence-corrected chi connectivity index (χ1v) is 13.1. The second kappa shape index (κ2) is 11.1. The third kappa shape index (κ3) is 5.08. The molecule has 1 saturated heterocycles. The number of benzene rings is 4. The summed E-state index contributed by atoms with van der Waals surface area (Å²) in [5, 5.41) is 0. The zero-order valence-corrected chi connectivity index (χ0v) is 21.4. The van der Waals surface area contributed by atoms with Gasteiger partial charge in [0.25, 0.3) is 5.91 Å². The third-order valence-electron chi connectivity index (χ3n) is 7.76. The summed E-state index contributed by atoms with van der Waals surface area (Å²) < 4.78 is 0. The summed E-state index contributed by atoms with van der Waals surface area (Å²) in [6.07, 6.45) is 1.80. The van der Waals surface area contributed by atoms with Crippen LogP contribution < -0.4 is 5.73 Å². The molecule has 0 unspecified atom stereocenters. The molecule has 4 aromatic rings. The van der Waals surface area contributed by atoms with Crippen LogP contribution in [0.1, 0.15) is 41.1 Å². The summed E-state index contributed by atoms with van der Waals surface area (Å²) in [6.45, 7) is 1.82. The largest absolute Gasteiger partial charge is 0.340 e. The Bertz CT molecular complexity index is 1190. The Balaban J connectivity index is 1.36. The van der Waals surface area contributed by atoms with Gasteiger partial charge in [-0.15, -0.1) is 0 Å². The highest BCUT2D eigenvalue weighted by Crippen LogP contribution is 2.34. The van der Waals surface area contributed by atoms with Crippen LogP contribution in [0.15, 0.2) is 121 Å². The Kier molecular flexibility index (Phi) is 7.50. The topological polar surface area (TPSA) is 49.6 Å². The van der Waals surface area contributed by atoms with E-state index in [4.69, 9.17) is 5.73 Å². The van der Waals surface area contributed by atoms with E-state index in [2.05, 4.69) is 65.6 Å². The Labute approximate surface area is 220 Å². The minimum atomic E-state index is -1.23. The zero-order chi connectivity index (χ0) is 25.7. The predicted molar refractivity (Wildman–Crippen MR) is 150 cm³/mol. The molecule has 0 radical (unpaired) electrons. The molecule has 0 atom stereocenters. The van der Waals surface area contributed by atoms with Crippen LogP contribution in [-0.4, -0.2) is 41.9 Å². The zero-order valence-electron chi connectivity index (χ0n) is 21.4. The van der Waals surface area contributed by atoms with E-state index in [-0.39, 0.29) is 18.0 Å². The predicted octanol–water partition coefficient (Wildman–Crippen LogP) is 5.60. The van der Waals surface area contributed by atoms with Crippen LogP contribution in [0.3, 0.4) is 0 Å². The molecule has 188 valence electrons. The third-order valence-corrected chi connectivity index (χ3v) is 7.76. The van der Waals surface area contributed by atoms with Crippen molar-refractivity contribution >= 4 is 5.91 Å². The lowest BCUT2D eigenvalue weighted by Crippen LogP contribution is -2.56. The van der Waals surface area contributed by atoms with Gasteiger partial charge in [-0.2, -0.15) is 0 Å². The van der Waals surface area contributed by atoms with Gasteiger partial charge in [0.1, 0.15) is 5.54 Å². The second-order valence-electron chi connectivity index (χ2n) is 9.95.